The Morgan fingerprint density at radius 1 is 1.31 bits per heavy atom. The number of amides is 2. The number of carbonyl (C=O) groups is 1. The molecule has 3 N–H and O–H groups in total. The molecule has 1 heterocycles. The van der Waals surface area contributed by atoms with E-state index in [1.807, 2.05) is 31.0 Å². The summed E-state index contributed by atoms with van der Waals surface area (Å²) in [6.07, 6.45) is 0.901. The zero-order valence-electron chi connectivity index (χ0n) is 16.0. The molecule has 26 heavy (non-hydrogen) atoms. The minimum atomic E-state index is -0.0262. The fraction of sp³-hybridized carbons (Fsp3) is 0.611. The topological polar surface area (TPSA) is 65.6 Å². The maximum Gasteiger partial charge on any atom is 0.317 e. The van der Waals surface area contributed by atoms with Crippen molar-refractivity contribution in [2.45, 2.75) is 45.2 Å². The van der Waals surface area contributed by atoms with Crippen molar-refractivity contribution in [3.05, 3.63) is 29.8 Å². The number of hydrogen-bond acceptors (Lipinski definition) is 6. The molecule has 2 unspecified atom stereocenters. The van der Waals surface area contributed by atoms with Crippen LogP contribution in [0.4, 0.5) is 4.79 Å². The number of carbonyl (C=O) groups excluding carboxylic acids is 1. The molecule has 8 heteroatoms. The molecule has 2 amide bonds. The number of nitrogens with zero attached hydrogens (tertiary/aromatic N) is 1. The summed E-state index contributed by atoms with van der Waals surface area (Å²) in [7, 11) is 1.84. The Kier molecular flexibility index (Phi) is 10.9. The Morgan fingerprint density at radius 3 is 2.50 bits per heavy atom. The molecule has 1 aromatic rings. The molecular weight excluding hydrogens is 368 g/mol. The molecule has 1 aromatic carbocycles. The maximum atomic E-state index is 12.2. The first-order chi connectivity index (χ1) is 12.6. The summed E-state index contributed by atoms with van der Waals surface area (Å²) in [6.45, 7) is 8.10. The van der Waals surface area contributed by atoms with Gasteiger partial charge >= 0.3 is 6.03 Å². The van der Waals surface area contributed by atoms with Crippen molar-refractivity contribution in [1.29, 1.82) is 0 Å². The fourth-order valence-electron chi connectivity index (χ4n) is 3.05. The molecule has 0 bridgehead atoms. The Labute approximate surface area is 167 Å². The van der Waals surface area contributed by atoms with Crippen molar-refractivity contribution < 1.29 is 9.53 Å². The third-order valence-electron chi connectivity index (χ3n) is 4.43. The van der Waals surface area contributed by atoms with E-state index >= 15 is 0 Å². The second-order valence-electron chi connectivity index (χ2n) is 6.42. The standard InChI is InChI=1S/C18H30N4O2.H2S2/c1-5-20-18(23)22-11-10-16(21-19-4)17(22)12-24-15-8-6-14(7-9-15)13(2)3;1-2/h6-9,13,16-17,19,21H,5,10-12H2,1-4H3,(H,20,23);1-2H. The number of likely N-dealkylation sites (tertiary alicyclic amines) is 1. The molecule has 1 aliphatic rings. The normalized spacial score (nSPS) is 19.1. The molecule has 1 saturated heterocycles. The van der Waals surface area contributed by atoms with Crippen LogP contribution in [-0.2, 0) is 0 Å². The molecule has 0 spiro atoms. The molecule has 0 aromatic heterocycles. The Hall–Kier alpha value is -1.09. The predicted molar refractivity (Wildman–Crippen MR) is 114 cm³/mol. The van der Waals surface area contributed by atoms with Crippen LogP contribution in [0.25, 0.3) is 0 Å². The number of thiol groups is 2. The highest BCUT2D eigenvalue weighted by Gasteiger charge is 2.37. The zero-order chi connectivity index (χ0) is 19.5. The molecule has 2 atom stereocenters. The van der Waals surface area contributed by atoms with E-state index in [4.69, 9.17) is 4.74 Å². The largest absolute Gasteiger partial charge is 0.491 e. The Morgan fingerprint density at radius 2 is 1.96 bits per heavy atom. The summed E-state index contributed by atoms with van der Waals surface area (Å²) in [4.78, 5) is 14.1. The van der Waals surface area contributed by atoms with Gasteiger partial charge in [-0.2, -0.15) is 0 Å². The summed E-state index contributed by atoms with van der Waals surface area (Å²) >= 11 is 6.44. The highest BCUT2D eigenvalue weighted by Crippen LogP contribution is 2.22. The van der Waals surface area contributed by atoms with E-state index in [0.717, 1.165) is 18.7 Å². The molecule has 1 aliphatic heterocycles. The van der Waals surface area contributed by atoms with E-state index in [2.05, 4.69) is 65.5 Å². The van der Waals surface area contributed by atoms with Crippen LogP contribution in [0.3, 0.4) is 0 Å². The van der Waals surface area contributed by atoms with Gasteiger partial charge in [0.2, 0.25) is 0 Å². The van der Waals surface area contributed by atoms with Gasteiger partial charge in [-0.1, -0.05) is 26.0 Å². The molecule has 6 nitrogen and oxygen atoms in total. The van der Waals surface area contributed by atoms with Gasteiger partial charge in [0.05, 0.1) is 6.04 Å². The highest BCUT2D eigenvalue weighted by atomic mass is 33.1. The van der Waals surface area contributed by atoms with Crippen LogP contribution in [0.15, 0.2) is 24.3 Å². The van der Waals surface area contributed by atoms with Crippen molar-refractivity contribution in [2.24, 2.45) is 0 Å². The lowest BCUT2D eigenvalue weighted by Gasteiger charge is -2.28. The lowest BCUT2D eigenvalue weighted by atomic mass is 10.0. The minimum Gasteiger partial charge on any atom is -0.491 e. The average Bonchev–Trinajstić information content (AvgIpc) is 3.05. The number of urea groups is 1. The average molecular weight is 401 g/mol. The lowest BCUT2D eigenvalue weighted by molar-refractivity contribution is 0.154. The van der Waals surface area contributed by atoms with Crippen molar-refractivity contribution in [3.63, 3.8) is 0 Å². The van der Waals surface area contributed by atoms with Gasteiger partial charge in [0, 0.05) is 19.1 Å². The highest BCUT2D eigenvalue weighted by molar-refractivity contribution is 8.59. The van der Waals surface area contributed by atoms with E-state index < -0.39 is 0 Å². The first-order valence-electron chi connectivity index (χ1n) is 8.96. The smallest absolute Gasteiger partial charge is 0.317 e. The van der Waals surface area contributed by atoms with Gasteiger partial charge in [0.25, 0.3) is 0 Å². The third kappa shape index (κ3) is 6.57. The van der Waals surface area contributed by atoms with E-state index in [1.54, 1.807) is 0 Å². The SMILES string of the molecule is CCNC(=O)N1CCC(NNC)C1COc1ccc(C(C)C)cc1.SS. The number of benzene rings is 1. The van der Waals surface area contributed by atoms with Crippen LogP contribution in [0.5, 0.6) is 5.75 Å². The van der Waals surface area contributed by atoms with E-state index in [0.29, 0.717) is 19.1 Å². The maximum absolute atomic E-state index is 12.2. The van der Waals surface area contributed by atoms with Gasteiger partial charge in [-0.3, -0.25) is 10.9 Å². The zero-order valence-corrected chi connectivity index (χ0v) is 17.8. The first kappa shape index (κ1) is 23.0. The number of nitrogens with one attached hydrogen (secondary N) is 3. The Bertz CT molecular complexity index is 528. The van der Waals surface area contributed by atoms with E-state index in [9.17, 15) is 4.79 Å². The fourth-order valence-corrected chi connectivity index (χ4v) is 3.05. The summed E-state index contributed by atoms with van der Waals surface area (Å²) in [6, 6.07) is 8.34. The third-order valence-corrected chi connectivity index (χ3v) is 4.43. The molecule has 0 radical (unpaired) electrons. The van der Waals surface area contributed by atoms with Gasteiger partial charge in [0.15, 0.2) is 0 Å². The van der Waals surface area contributed by atoms with Gasteiger partial charge in [-0.05, 0) is 44.0 Å². The van der Waals surface area contributed by atoms with Crippen molar-refractivity contribution in [3.8, 4) is 5.75 Å². The lowest BCUT2D eigenvalue weighted by Crippen LogP contribution is -2.53. The number of hydrazine groups is 1. The van der Waals surface area contributed by atoms with Gasteiger partial charge in [-0.15, -0.1) is 23.3 Å². The monoisotopic (exact) mass is 400 g/mol. The quantitative estimate of drug-likeness (QED) is 0.277. The van der Waals surface area contributed by atoms with Crippen molar-refractivity contribution in [2.75, 3.05) is 26.7 Å². The predicted octanol–water partition coefficient (Wildman–Crippen LogP) is 2.85. The minimum absolute atomic E-state index is 0.00576. The number of ether oxygens (including phenoxy) is 1. The van der Waals surface area contributed by atoms with Crippen molar-refractivity contribution in [1.82, 2.24) is 21.1 Å². The Balaban J connectivity index is 0.00000163. The summed E-state index contributed by atoms with van der Waals surface area (Å²) in [5, 5.41) is 2.88. The number of hydrogen-bond donors (Lipinski definition) is 5. The van der Waals surface area contributed by atoms with Crippen LogP contribution in [0.2, 0.25) is 0 Å². The van der Waals surface area contributed by atoms with Crippen LogP contribution in [-0.4, -0.2) is 49.8 Å². The molecular formula is C18H32N4O2S2. The van der Waals surface area contributed by atoms with Gasteiger partial charge in [0.1, 0.15) is 12.4 Å². The summed E-state index contributed by atoms with van der Waals surface area (Å²) in [5.41, 5.74) is 7.51. The van der Waals surface area contributed by atoms with Crippen LogP contribution in [0.1, 0.15) is 38.7 Å². The second-order valence-corrected chi connectivity index (χ2v) is 6.42. The van der Waals surface area contributed by atoms with Crippen LogP contribution >= 0.6 is 23.3 Å². The molecule has 0 aliphatic carbocycles. The van der Waals surface area contributed by atoms with Gasteiger partial charge < -0.3 is 15.0 Å². The first-order valence-corrected chi connectivity index (χ1v) is 10.6. The number of rotatable bonds is 7. The molecule has 148 valence electrons. The summed E-state index contributed by atoms with van der Waals surface area (Å²) in [5.74, 6) is 1.34. The molecule has 0 saturated carbocycles. The van der Waals surface area contributed by atoms with Gasteiger partial charge in [-0.25, -0.2) is 4.79 Å². The van der Waals surface area contributed by atoms with E-state index in [1.165, 1.54) is 5.56 Å². The molecule has 1 fully saturated rings. The van der Waals surface area contributed by atoms with E-state index in [-0.39, 0.29) is 18.1 Å². The van der Waals surface area contributed by atoms with Crippen LogP contribution < -0.4 is 20.9 Å². The van der Waals surface area contributed by atoms with Crippen LogP contribution in [0, 0.1) is 0 Å². The van der Waals surface area contributed by atoms with Crippen molar-refractivity contribution >= 4 is 29.4 Å². The second kappa shape index (κ2) is 12.3. The summed E-state index contributed by atoms with van der Waals surface area (Å²) < 4.78 is 5.97. The molecule has 2 rings (SSSR count).